The highest BCUT2D eigenvalue weighted by atomic mass is 79.9. The number of benzene rings is 1. The highest BCUT2D eigenvalue weighted by molar-refractivity contribution is 9.10. The third-order valence-electron chi connectivity index (χ3n) is 2.69. The lowest BCUT2D eigenvalue weighted by atomic mass is 10.2. The summed E-state index contributed by atoms with van der Waals surface area (Å²) in [5.74, 6) is 2.74. The van der Waals surface area contributed by atoms with Crippen LogP contribution in [0.15, 0.2) is 29.0 Å². The molecule has 1 aromatic heterocycles. The Labute approximate surface area is 125 Å². The van der Waals surface area contributed by atoms with E-state index in [0.717, 1.165) is 15.9 Å². The van der Waals surface area contributed by atoms with E-state index in [2.05, 4.69) is 36.5 Å². The van der Waals surface area contributed by atoms with Crippen LogP contribution in [0.2, 0.25) is 0 Å². The number of halogens is 1. The summed E-state index contributed by atoms with van der Waals surface area (Å²) in [4.78, 5) is 8.31. The van der Waals surface area contributed by atoms with Crippen LogP contribution < -0.4 is 20.1 Å². The van der Waals surface area contributed by atoms with Gasteiger partial charge < -0.3 is 20.1 Å². The molecule has 20 heavy (non-hydrogen) atoms. The zero-order valence-electron chi connectivity index (χ0n) is 11.4. The smallest absolute Gasteiger partial charge is 0.150 e. The van der Waals surface area contributed by atoms with Gasteiger partial charge in [0.1, 0.15) is 33.9 Å². The molecule has 0 fully saturated rings. The number of rotatable bonds is 5. The molecule has 0 spiro atoms. The van der Waals surface area contributed by atoms with Gasteiger partial charge in [-0.05, 0) is 28.1 Å². The molecule has 0 saturated carbocycles. The Bertz CT molecular complexity index is 607. The van der Waals surface area contributed by atoms with Gasteiger partial charge in [0.2, 0.25) is 0 Å². The largest absolute Gasteiger partial charge is 0.497 e. The van der Waals surface area contributed by atoms with Crippen molar-refractivity contribution in [2.75, 3.05) is 31.9 Å². The molecule has 2 rings (SSSR count). The molecule has 0 aliphatic rings. The van der Waals surface area contributed by atoms with E-state index in [1.807, 2.05) is 12.1 Å². The first kappa shape index (κ1) is 14.4. The first-order valence-corrected chi connectivity index (χ1v) is 6.66. The summed E-state index contributed by atoms with van der Waals surface area (Å²) >= 11 is 3.46. The van der Waals surface area contributed by atoms with Crippen molar-refractivity contribution in [2.24, 2.45) is 0 Å². The Morgan fingerprint density at radius 2 is 1.85 bits per heavy atom. The summed E-state index contributed by atoms with van der Waals surface area (Å²) in [5, 5.41) is 6.18. The lowest BCUT2D eigenvalue weighted by Gasteiger charge is -2.13. The molecule has 0 unspecified atom stereocenters. The maximum atomic E-state index is 5.34. The van der Waals surface area contributed by atoms with Crippen molar-refractivity contribution in [2.45, 2.75) is 0 Å². The molecule has 6 nitrogen and oxygen atoms in total. The van der Waals surface area contributed by atoms with E-state index in [1.165, 1.54) is 6.33 Å². The first-order chi connectivity index (χ1) is 9.69. The Hall–Kier alpha value is -2.02. The number of nitrogens with one attached hydrogen (secondary N) is 2. The summed E-state index contributed by atoms with van der Waals surface area (Å²) < 4.78 is 11.3. The van der Waals surface area contributed by atoms with Crippen LogP contribution in [-0.4, -0.2) is 31.2 Å². The van der Waals surface area contributed by atoms with E-state index in [1.54, 1.807) is 27.3 Å². The molecule has 1 aromatic carbocycles. The second-order valence-electron chi connectivity index (χ2n) is 3.83. The van der Waals surface area contributed by atoms with Crippen molar-refractivity contribution in [3.05, 3.63) is 29.0 Å². The number of methoxy groups -OCH3 is 2. The van der Waals surface area contributed by atoms with Crippen LogP contribution in [0.4, 0.5) is 17.3 Å². The molecular weight excluding hydrogens is 324 g/mol. The normalized spacial score (nSPS) is 10.0. The van der Waals surface area contributed by atoms with Crippen molar-refractivity contribution in [3.63, 3.8) is 0 Å². The molecule has 0 aliphatic carbocycles. The van der Waals surface area contributed by atoms with Crippen LogP contribution in [0.1, 0.15) is 0 Å². The maximum absolute atomic E-state index is 5.34. The average Bonchev–Trinajstić information content (AvgIpc) is 2.49. The number of aromatic nitrogens is 2. The van der Waals surface area contributed by atoms with E-state index >= 15 is 0 Å². The van der Waals surface area contributed by atoms with Gasteiger partial charge in [-0.15, -0.1) is 0 Å². The van der Waals surface area contributed by atoms with Gasteiger partial charge in [-0.2, -0.15) is 0 Å². The molecule has 106 valence electrons. The lowest BCUT2D eigenvalue weighted by Crippen LogP contribution is -2.01. The fourth-order valence-corrected chi connectivity index (χ4v) is 2.16. The van der Waals surface area contributed by atoms with Gasteiger partial charge in [0.05, 0.1) is 19.9 Å². The Balaban J connectivity index is 2.35. The summed E-state index contributed by atoms with van der Waals surface area (Å²) in [6.07, 6.45) is 1.48. The number of nitrogens with zero attached hydrogens (tertiary/aromatic N) is 2. The van der Waals surface area contributed by atoms with Crippen molar-refractivity contribution in [3.8, 4) is 11.5 Å². The van der Waals surface area contributed by atoms with Crippen LogP contribution in [0, 0.1) is 0 Å². The number of hydrogen-bond donors (Lipinski definition) is 2. The van der Waals surface area contributed by atoms with Gasteiger partial charge in [0.25, 0.3) is 0 Å². The Morgan fingerprint density at radius 3 is 2.50 bits per heavy atom. The predicted molar refractivity (Wildman–Crippen MR) is 82.1 cm³/mol. The predicted octanol–water partition coefficient (Wildman–Crippen LogP) is 3.04. The quantitative estimate of drug-likeness (QED) is 0.873. The van der Waals surface area contributed by atoms with E-state index < -0.39 is 0 Å². The monoisotopic (exact) mass is 338 g/mol. The summed E-state index contributed by atoms with van der Waals surface area (Å²) in [5.41, 5.74) is 0.787. The third kappa shape index (κ3) is 2.93. The fraction of sp³-hybridized carbons (Fsp3) is 0.231. The van der Waals surface area contributed by atoms with Gasteiger partial charge in [-0.1, -0.05) is 0 Å². The number of hydrogen-bond acceptors (Lipinski definition) is 6. The van der Waals surface area contributed by atoms with Crippen molar-refractivity contribution in [1.29, 1.82) is 0 Å². The van der Waals surface area contributed by atoms with Crippen LogP contribution in [0.3, 0.4) is 0 Å². The third-order valence-corrected chi connectivity index (χ3v) is 3.44. The van der Waals surface area contributed by atoms with Gasteiger partial charge in [-0.25, -0.2) is 9.97 Å². The topological polar surface area (TPSA) is 68.3 Å². The Morgan fingerprint density at radius 1 is 1.10 bits per heavy atom. The first-order valence-electron chi connectivity index (χ1n) is 5.87. The molecule has 0 amide bonds. The molecule has 0 bridgehead atoms. The van der Waals surface area contributed by atoms with Crippen LogP contribution >= 0.6 is 15.9 Å². The standard InChI is InChI=1S/C13H15BrN4O2/c1-15-12-11(14)13(17-7-16-12)18-9-5-4-8(19-2)6-10(9)20-3/h4-7H,1-3H3,(H2,15,16,17,18). The average molecular weight is 339 g/mol. The minimum Gasteiger partial charge on any atom is -0.497 e. The molecule has 0 aliphatic heterocycles. The molecule has 2 N–H and O–H groups in total. The summed E-state index contributed by atoms with van der Waals surface area (Å²) in [6.45, 7) is 0. The molecule has 0 atom stereocenters. The van der Waals surface area contributed by atoms with Crippen LogP contribution in [0.25, 0.3) is 0 Å². The molecular formula is C13H15BrN4O2. The molecule has 0 saturated heterocycles. The maximum Gasteiger partial charge on any atom is 0.150 e. The number of anilines is 3. The van der Waals surface area contributed by atoms with Crippen molar-refractivity contribution >= 4 is 33.3 Å². The molecule has 7 heteroatoms. The zero-order valence-corrected chi connectivity index (χ0v) is 13.0. The van der Waals surface area contributed by atoms with E-state index in [9.17, 15) is 0 Å². The zero-order chi connectivity index (χ0) is 14.5. The molecule has 2 aromatic rings. The summed E-state index contributed by atoms with van der Waals surface area (Å²) in [6, 6.07) is 5.51. The highest BCUT2D eigenvalue weighted by Crippen LogP contribution is 2.34. The highest BCUT2D eigenvalue weighted by Gasteiger charge is 2.11. The van der Waals surface area contributed by atoms with Gasteiger partial charge >= 0.3 is 0 Å². The van der Waals surface area contributed by atoms with Crippen LogP contribution in [-0.2, 0) is 0 Å². The summed E-state index contributed by atoms with van der Waals surface area (Å²) in [7, 11) is 5.01. The SMILES string of the molecule is CNc1ncnc(Nc2ccc(OC)cc2OC)c1Br. The second kappa shape index (κ2) is 6.42. The van der Waals surface area contributed by atoms with Crippen molar-refractivity contribution < 1.29 is 9.47 Å². The minimum atomic E-state index is 0.646. The lowest BCUT2D eigenvalue weighted by molar-refractivity contribution is 0.395. The van der Waals surface area contributed by atoms with E-state index in [4.69, 9.17) is 9.47 Å². The van der Waals surface area contributed by atoms with Gasteiger partial charge in [0, 0.05) is 13.1 Å². The van der Waals surface area contributed by atoms with Gasteiger partial charge in [0.15, 0.2) is 0 Å². The van der Waals surface area contributed by atoms with E-state index in [0.29, 0.717) is 17.4 Å². The minimum absolute atomic E-state index is 0.646. The Kier molecular flexibility index (Phi) is 4.62. The molecule has 0 radical (unpaired) electrons. The molecule has 1 heterocycles. The van der Waals surface area contributed by atoms with E-state index in [-0.39, 0.29) is 0 Å². The number of ether oxygens (including phenoxy) is 2. The van der Waals surface area contributed by atoms with Crippen LogP contribution in [0.5, 0.6) is 11.5 Å². The van der Waals surface area contributed by atoms with Gasteiger partial charge in [-0.3, -0.25) is 0 Å². The second-order valence-corrected chi connectivity index (χ2v) is 4.62. The fourth-order valence-electron chi connectivity index (χ4n) is 1.66. The van der Waals surface area contributed by atoms with Crippen molar-refractivity contribution in [1.82, 2.24) is 9.97 Å².